The van der Waals surface area contributed by atoms with Crippen LogP contribution in [0.15, 0.2) is 42.7 Å². The summed E-state index contributed by atoms with van der Waals surface area (Å²) >= 11 is 0. The van der Waals surface area contributed by atoms with Gasteiger partial charge in [-0.2, -0.15) is 0 Å². The highest BCUT2D eigenvalue weighted by atomic mass is 19.1. The van der Waals surface area contributed by atoms with Gasteiger partial charge < -0.3 is 15.0 Å². The predicted molar refractivity (Wildman–Crippen MR) is 86.9 cm³/mol. The van der Waals surface area contributed by atoms with Crippen LogP contribution in [0.1, 0.15) is 28.4 Å². The van der Waals surface area contributed by atoms with Crippen molar-refractivity contribution in [2.24, 2.45) is 0 Å². The molecule has 0 radical (unpaired) electrons. The van der Waals surface area contributed by atoms with E-state index in [2.05, 4.69) is 9.97 Å². The van der Waals surface area contributed by atoms with Crippen LogP contribution >= 0.6 is 0 Å². The number of imidazole rings is 1. The number of amides is 1. The molecular formula is C18H15F2N3O2. The fourth-order valence-corrected chi connectivity index (χ4v) is 3.40. The summed E-state index contributed by atoms with van der Waals surface area (Å²) in [5, 5.41) is 10.0. The zero-order valence-electron chi connectivity index (χ0n) is 13.1. The van der Waals surface area contributed by atoms with E-state index in [9.17, 15) is 18.7 Å². The summed E-state index contributed by atoms with van der Waals surface area (Å²) in [6.07, 6.45) is 0.971. The number of rotatable bonds is 2. The average Bonchev–Trinajstić information content (AvgIpc) is 3.19. The second-order valence-electron chi connectivity index (χ2n) is 6.17. The first-order chi connectivity index (χ1) is 12.0. The molecule has 0 aliphatic carbocycles. The predicted octanol–water partition coefficient (Wildman–Crippen LogP) is 2.79. The van der Waals surface area contributed by atoms with E-state index in [0.29, 0.717) is 23.0 Å². The molecule has 4 rings (SSSR count). The normalized spacial score (nSPS) is 20.4. The minimum absolute atomic E-state index is 0.0996. The molecule has 0 spiro atoms. The van der Waals surface area contributed by atoms with E-state index in [0.717, 1.165) is 6.07 Å². The van der Waals surface area contributed by atoms with E-state index in [1.165, 1.54) is 29.4 Å². The molecule has 1 aliphatic heterocycles. The zero-order valence-corrected chi connectivity index (χ0v) is 13.1. The lowest BCUT2D eigenvalue weighted by molar-refractivity contribution is 0.0717. The highest BCUT2D eigenvalue weighted by Gasteiger charge is 2.36. The molecule has 1 saturated heterocycles. The van der Waals surface area contributed by atoms with Gasteiger partial charge >= 0.3 is 0 Å². The number of aromatic nitrogens is 2. The summed E-state index contributed by atoms with van der Waals surface area (Å²) in [6.45, 7) is 0.0996. The number of fused-ring (bicyclic) bond motifs is 1. The number of aliphatic hydroxyl groups excluding tert-OH is 1. The van der Waals surface area contributed by atoms with Crippen LogP contribution in [0, 0.1) is 11.6 Å². The monoisotopic (exact) mass is 343 g/mol. The van der Waals surface area contributed by atoms with Crippen molar-refractivity contribution in [2.75, 3.05) is 6.54 Å². The van der Waals surface area contributed by atoms with Crippen LogP contribution in [0.25, 0.3) is 11.0 Å². The van der Waals surface area contributed by atoms with Crippen molar-refractivity contribution in [1.29, 1.82) is 0 Å². The van der Waals surface area contributed by atoms with Crippen molar-refractivity contribution in [3.8, 4) is 0 Å². The standard InChI is InChI=1S/C18H15F2N3O2/c19-11-3-1-2-10(4-11)16-7-13(24)8-23(16)18(25)14-5-12(20)6-15-17(14)22-9-21-15/h1-6,9,13,16,24H,7-8H2,(H,21,22)/t13-,16-/m0/s1. The molecule has 0 unspecified atom stereocenters. The van der Waals surface area contributed by atoms with E-state index >= 15 is 0 Å². The first-order valence-corrected chi connectivity index (χ1v) is 7.90. The molecule has 1 aromatic heterocycles. The fraction of sp³-hybridized carbons (Fsp3) is 0.222. The molecule has 25 heavy (non-hydrogen) atoms. The maximum atomic E-state index is 13.9. The number of nitrogens with zero attached hydrogens (tertiary/aromatic N) is 2. The van der Waals surface area contributed by atoms with E-state index in [-0.39, 0.29) is 12.1 Å². The van der Waals surface area contributed by atoms with Gasteiger partial charge in [0.25, 0.3) is 5.91 Å². The van der Waals surface area contributed by atoms with Gasteiger partial charge in [-0.15, -0.1) is 0 Å². The first kappa shape index (κ1) is 15.7. The average molecular weight is 343 g/mol. The molecule has 5 nitrogen and oxygen atoms in total. The minimum atomic E-state index is -0.722. The molecule has 2 N–H and O–H groups in total. The van der Waals surface area contributed by atoms with E-state index in [1.807, 2.05) is 0 Å². The molecule has 0 saturated carbocycles. The fourth-order valence-electron chi connectivity index (χ4n) is 3.40. The molecular weight excluding hydrogens is 328 g/mol. The molecule has 0 bridgehead atoms. The molecule has 1 aliphatic rings. The van der Waals surface area contributed by atoms with Gasteiger partial charge in [-0.25, -0.2) is 13.8 Å². The minimum Gasteiger partial charge on any atom is -0.391 e. The Kier molecular flexibility index (Phi) is 3.73. The molecule has 1 amide bonds. The Morgan fingerprint density at radius 3 is 2.88 bits per heavy atom. The number of aromatic amines is 1. The third kappa shape index (κ3) is 2.76. The van der Waals surface area contributed by atoms with Crippen LogP contribution in [0.5, 0.6) is 0 Å². The Hall–Kier alpha value is -2.80. The molecule has 2 atom stereocenters. The number of aliphatic hydroxyl groups is 1. The zero-order chi connectivity index (χ0) is 17.6. The lowest BCUT2D eigenvalue weighted by Crippen LogP contribution is -2.32. The maximum absolute atomic E-state index is 13.9. The summed E-state index contributed by atoms with van der Waals surface area (Å²) in [5.74, 6) is -1.41. The number of β-amino-alcohol motifs (C(OH)–C–C–N with tert-alkyl or cyclic N) is 1. The van der Waals surface area contributed by atoms with Gasteiger partial charge in [0.05, 0.1) is 29.6 Å². The van der Waals surface area contributed by atoms with Gasteiger partial charge in [0, 0.05) is 6.54 Å². The second kappa shape index (κ2) is 5.93. The Bertz CT molecular complexity index is 956. The lowest BCUT2D eigenvalue weighted by Gasteiger charge is -2.25. The van der Waals surface area contributed by atoms with E-state index < -0.39 is 29.7 Å². The highest BCUT2D eigenvalue weighted by molar-refractivity contribution is 6.05. The number of H-pyrrole nitrogens is 1. The number of hydrogen-bond acceptors (Lipinski definition) is 3. The van der Waals surface area contributed by atoms with Gasteiger partial charge in [-0.1, -0.05) is 12.1 Å². The second-order valence-corrected chi connectivity index (χ2v) is 6.17. The van der Waals surface area contributed by atoms with E-state index in [1.54, 1.807) is 12.1 Å². The van der Waals surface area contributed by atoms with Gasteiger partial charge in [0.2, 0.25) is 0 Å². The summed E-state index contributed by atoms with van der Waals surface area (Å²) in [6, 6.07) is 7.87. The van der Waals surface area contributed by atoms with Gasteiger partial charge in [-0.3, -0.25) is 4.79 Å². The molecule has 1 fully saturated rings. The molecule has 3 aromatic rings. The molecule has 2 aromatic carbocycles. The Morgan fingerprint density at radius 1 is 1.24 bits per heavy atom. The SMILES string of the molecule is O=C(c1cc(F)cc2[nH]cnc12)N1C[C@@H](O)C[C@H]1c1cccc(F)c1. The van der Waals surface area contributed by atoms with Crippen LogP contribution in [-0.2, 0) is 0 Å². The van der Waals surface area contributed by atoms with E-state index in [4.69, 9.17) is 0 Å². The van der Waals surface area contributed by atoms with Crippen molar-refractivity contribution >= 4 is 16.9 Å². The van der Waals surface area contributed by atoms with Crippen molar-refractivity contribution in [3.05, 3.63) is 65.5 Å². The number of likely N-dealkylation sites (tertiary alicyclic amines) is 1. The number of hydrogen-bond donors (Lipinski definition) is 2. The lowest BCUT2D eigenvalue weighted by atomic mass is 10.0. The van der Waals surface area contributed by atoms with Gasteiger partial charge in [-0.05, 0) is 36.2 Å². The van der Waals surface area contributed by atoms with Crippen molar-refractivity contribution in [1.82, 2.24) is 14.9 Å². The summed E-state index contributed by atoms with van der Waals surface area (Å²) in [4.78, 5) is 21.3. The van der Waals surface area contributed by atoms with Crippen molar-refractivity contribution < 1.29 is 18.7 Å². The number of halogens is 2. The quantitative estimate of drug-likeness (QED) is 0.752. The molecule has 7 heteroatoms. The molecule has 2 heterocycles. The Labute approximate surface area is 141 Å². The van der Waals surface area contributed by atoms with Crippen molar-refractivity contribution in [2.45, 2.75) is 18.6 Å². The van der Waals surface area contributed by atoms with Crippen molar-refractivity contribution in [3.63, 3.8) is 0 Å². The summed E-state index contributed by atoms with van der Waals surface area (Å²) < 4.78 is 27.4. The summed E-state index contributed by atoms with van der Waals surface area (Å²) in [5.41, 5.74) is 1.50. The van der Waals surface area contributed by atoms with Gasteiger partial charge in [0.15, 0.2) is 0 Å². The number of carbonyl (C=O) groups excluding carboxylic acids is 1. The smallest absolute Gasteiger partial charge is 0.256 e. The van der Waals surface area contributed by atoms with Crippen LogP contribution in [0.2, 0.25) is 0 Å². The van der Waals surface area contributed by atoms with Crippen LogP contribution in [0.4, 0.5) is 8.78 Å². The Morgan fingerprint density at radius 2 is 2.08 bits per heavy atom. The van der Waals surface area contributed by atoms with Crippen LogP contribution in [0.3, 0.4) is 0 Å². The van der Waals surface area contributed by atoms with Gasteiger partial charge in [0.1, 0.15) is 17.2 Å². The maximum Gasteiger partial charge on any atom is 0.256 e. The molecule has 128 valence electrons. The van der Waals surface area contributed by atoms with Crippen LogP contribution < -0.4 is 0 Å². The third-order valence-corrected chi connectivity index (χ3v) is 4.49. The number of benzene rings is 2. The number of carbonyl (C=O) groups is 1. The largest absolute Gasteiger partial charge is 0.391 e. The summed E-state index contributed by atoms with van der Waals surface area (Å²) in [7, 11) is 0. The van der Waals surface area contributed by atoms with Crippen LogP contribution in [-0.4, -0.2) is 38.5 Å². The topological polar surface area (TPSA) is 69.2 Å². The first-order valence-electron chi connectivity index (χ1n) is 7.90. The highest BCUT2D eigenvalue weighted by Crippen LogP contribution is 2.34. The Balaban J connectivity index is 1.76. The number of nitrogens with one attached hydrogen (secondary N) is 1. The third-order valence-electron chi connectivity index (χ3n) is 4.49.